The van der Waals surface area contributed by atoms with Crippen LogP contribution < -0.4 is 16.3 Å². The van der Waals surface area contributed by atoms with E-state index in [1.165, 1.54) is 10.1 Å². The highest BCUT2D eigenvalue weighted by Crippen LogP contribution is 2.37. The Morgan fingerprint density at radius 2 is 1.62 bits per heavy atom. The second kappa shape index (κ2) is 20.2. The molecule has 1 atom stereocenters. The number of nitrogens with one attached hydrogen (secondary N) is 2. The molecule has 2 aliphatic rings. The number of piperidine rings is 1. The van der Waals surface area contributed by atoms with Gasteiger partial charge in [0.25, 0.3) is 0 Å². The van der Waals surface area contributed by atoms with E-state index in [0.29, 0.717) is 56.9 Å². The highest BCUT2D eigenvalue weighted by Gasteiger charge is 2.32. The van der Waals surface area contributed by atoms with Gasteiger partial charge in [-0.1, -0.05) is 42.8 Å². The van der Waals surface area contributed by atoms with Gasteiger partial charge in [0.2, 0.25) is 17.8 Å². The van der Waals surface area contributed by atoms with Crippen LogP contribution in [0.15, 0.2) is 59.7 Å². The number of aliphatic hydroxyl groups is 1. The van der Waals surface area contributed by atoms with Crippen molar-refractivity contribution in [3.8, 4) is 11.1 Å². The first-order valence-electron chi connectivity index (χ1n) is 21.6. The maximum absolute atomic E-state index is 13.2. The number of hydrogen-bond donors (Lipinski definition) is 3. The van der Waals surface area contributed by atoms with Crippen molar-refractivity contribution in [1.29, 1.82) is 0 Å². The molecule has 7 rings (SSSR count). The number of aromatic nitrogens is 5. The Bertz CT molecular complexity index is 2330. The number of amides is 2. The molecular weight excluding hydrogens is 792 g/mol. The Hall–Kier alpha value is -5.06. The molecule has 0 bridgehead atoms. The molecule has 1 saturated heterocycles. The number of fused-ring (bicyclic) bond motifs is 2. The number of unbranched alkanes of at least 4 members (excludes halogenated alkanes) is 2. The van der Waals surface area contributed by atoms with Gasteiger partial charge in [0.1, 0.15) is 11.7 Å². The molecule has 1 saturated carbocycles. The van der Waals surface area contributed by atoms with Crippen LogP contribution in [0.5, 0.6) is 0 Å². The minimum absolute atomic E-state index is 0.134. The number of benzene rings is 2. The Labute approximate surface area is 352 Å². The number of halogens is 3. The number of hydrogen-bond acceptors (Lipinski definition) is 9. The first-order valence-corrected chi connectivity index (χ1v) is 21.6. The zero-order valence-corrected chi connectivity index (χ0v) is 34.7. The summed E-state index contributed by atoms with van der Waals surface area (Å²) < 4.78 is 55.2. The normalized spacial score (nSPS) is 18.6. The summed E-state index contributed by atoms with van der Waals surface area (Å²) >= 11 is 0. The molecule has 0 unspecified atom stereocenters. The Morgan fingerprint density at radius 3 is 2.36 bits per heavy atom. The number of rotatable bonds is 20. The van der Waals surface area contributed by atoms with Crippen LogP contribution in [0.3, 0.4) is 0 Å². The van der Waals surface area contributed by atoms with Gasteiger partial charge in [-0.3, -0.25) is 24.0 Å². The Balaban J connectivity index is 0.798. The first kappa shape index (κ1) is 44.0. The van der Waals surface area contributed by atoms with Crippen molar-refractivity contribution in [2.45, 2.75) is 114 Å². The summed E-state index contributed by atoms with van der Waals surface area (Å²) in [6.07, 6.45) is 8.03. The SMILES string of the molecule is Cn1c(=O)n([C@H]2CCC(=O)NC2=O)c2cccc(CCCOCCCOCCCCCc3ccc(-c4cn(C5CCC(O)CC5)c5nc(NCCC(F)(F)F)ncc45)cc3)c21. The molecule has 3 N–H and O–H groups in total. The van der Waals surface area contributed by atoms with Gasteiger partial charge < -0.3 is 24.5 Å². The van der Waals surface area contributed by atoms with Gasteiger partial charge in [0, 0.05) is 75.8 Å². The van der Waals surface area contributed by atoms with Crippen LogP contribution in [0, 0.1) is 0 Å². The fraction of sp³-hybridized carbons (Fsp3) is 0.533. The molecule has 1 aliphatic heterocycles. The van der Waals surface area contributed by atoms with Crippen LogP contribution in [0.4, 0.5) is 19.1 Å². The topological polar surface area (TPSA) is 155 Å². The largest absolute Gasteiger partial charge is 0.393 e. The maximum atomic E-state index is 13.2. The lowest BCUT2D eigenvalue weighted by Crippen LogP contribution is -2.44. The standard InChI is InChI=1S/C45H56F3N7O6/c1-53-40-32(9-5-11-37(40)55(44(53)59)38-20-21-39(57)51-42(38)58)10-6-25-61-27-7-26-60-24-4-2-3-8-30-12-14-31(15-13-30)36-29-54(33-16-18-34(56)19-17-33)41-35(36)28-50-43(52-41)49-23-22-45(46,47)48/h5,9,11-15,28-29,33-34,38,56H,2-4,6-8,10,16-27H2,1H3,(H,49,50,52)(H,51,57,58)/t33?,34?,38-/m0/s1. The molecule has 61 heavy (non-hydrogen) atoms. The maximum Gasteiger partial charge on any atom is 0.390 e. The summed E-state index contributed by atoms with van der Waals surface area (Å²) in [4.78, 5) is 46.4. The number of aliphatic hydroxyl groups excluding tert-OH is 1. The smallest absolute Gasteiger partial charge is 0.390 e. The van der Waals surface area contributed by atoms with Crippen molar-refractivity contribution in [2.75, 3.05) is 38.3 Å². The second-order valence-corrected chi connectivity index (χ2v) is 16.3. The molecule has 0 radical (unpaired) electrons. The minimum Gasteiger partial charge on any atom is -0.393 e. The van der Waals surface area contributed by atoms with Gasteiger partial charge in [0.05, 0.1) is 23.6 Å². The molecule has 2 amide bonds. The molecular formula is C45H56F3N7O6. The molecule has 3 aromatic heterocycles. The van der Waals surface area contributed by atoms with Gasteiger partial charge >= 0.3 is 11.9 Å². The van der Waals surface area contributed by atoms with E-state index in [1.54, 1.807) is 17.8 Å². The molecule has 0 spiro atoms. The van der Waals surface area contributed by atoms with Crippen LogP contribution in [0.25, 0.3) is 33.2 Å². The highest BCUT2D eigenvalue weighted by atomic mass is 19.4. The lowest BCUT2D eigenvalue weighted by atomic mass is 9.93. The number of anilines is 1. The Morgan fingerprint density at radius 1 is 0.885 bits per heavy atom. The van der Waals surface area contributed by atoms with E-state index in [-0.39, 0.29) is 42.7 Å². The van der Waals surface area contributed by atoms with Gasteiger partial charge in [-0.05, 0) is 93.4 Å². The third-order valence-corrected chi connectivity index (χ3v) is 11.9. The van der Waals surface area contributed by atoms with E-state index in [4.69, 9.17) is 9.47 Å². The Kier molecular flexibility index (Phi) is 14.6. The van der Waals surface area contributed by atoms with E-state index in [1.807, 2.05) is 18.2 Å². The molecule has 4 heterocycles. The molecule has 328 valence electrons. The van der Waals surface area contributed by atoms with Crippen molar-refractivity contribution in [3.05, 3.63) is 76.5 Å². The van der Waals surface area contributed by atoms with Crippen LogP contribution in [0.2, 0.25) is 0 Å². The summed E-state index contributed by atoms with van der Waals surface area (Å²) in [5.41, 5.74) is 6.15. The number of carbonyl (C=O) groups is 2. The van der Waals surface area contributed by atoms with Crippen molar-refractivity contribution >= 4 is 39.8 Å². The number of para-hydroxylation sites is 1. The third-order valence-electron chi connectivity index (χ3n) is 11.9. The van der Waals surface area contributed by atoms with Gasteiger partial charge in [-0.15, -0.1) is 0 Å². The summed E-state index contributed by atoms with van der Waals surface area (Å²) in [7, 11) is 1.72. The van der Waals surface area contributed by atoms with Gasteiger partial charge in [-0.2, -0.15) is 18.2 Å². The summed E-state index contributed by atoms with van der Waals surface area (Å²) in [5, 5.41) is 16.0. The molecule has 2 aromatic carbocycles. The lowest BCUT2D eigenvalue weighted by molar-refractivity contribution is -0.136. The third kappa shape index (κ3) is 11.1. The van der Waals surface area contributed by atoms with Crippen molar-refractivity contribution < 1.29 is 37.3 Å². The van der Waals surface area contributed by atoms with E-state index < -0.39 is 24.5 Å². The van der Waals surface area contributed by atoms with Crippen molar-refractivity contribution in [3.63, 3.8) is 0 Å². The predicted molar refractivity (Wildman–Crippen MR) is 226 cm³/mol. The zero-order chi connectivity index (χ0) is 42.9. The average molecular weight is 848 g/mol. The first-order chi connectivity index (χ1) is 29.5. The van der Waals surface area contributed by atoms with E-state index in [9.17, 15) is 32.7 Å². The van der Waals surface area contributed by atoms with Crippen LogP contribution in [-0.2, 0) is 39.0 Å². The number of alkyl halides is 3. The number of carbonyl (C=O) groups excluding carboxylic acids is 2. The van der Waals surface area contributed by atoms with Crippen molar-refractivity contribution in [1.82, 2.24) is 29.0 Å². The fourth-order valence-electron chi connectivity index (χ4n) is 8.62. The van der Waals surface area contributed by atoms with E-state index in [2.05, 4.69) is 55.6 Å². The fourth-order valence-corrected chi connectivity index (χ4v) is 8.62. The highest BCUT2D eigenvalue weighted by molar-refractivity contribution is 6.00. The molecule has 13 nitrogen and oxygen atoms in total. The quantitative estimate of drug-likeness (QED) is 0.0540. The summed E-state index contributed by atoms with van der Waals surface area (Å²) in [6.45, 7) is 2.22. The zero-order valence-electron chi connectivity index (χ0n) is 34.7. The monoisotopic (exact) mass is 847 g/mol. The van der Waals surface area contributed by atoms with E-state index >= 15 is 0 Å². The number of imidazole rings is 1. The molecule has 2 fully saturated rings. The van der Waals surface area contributed by atoms with Gasteiger partial charge in [0.15, 0.2) is 0 Å². The van der Waals surface area contributed by atoms with E-state index in [0.717, 1.165) is 85.4 Å². The minimum atomic E-state index is -4.26. The lowest BCUT2D eigenvalue weighted by Gasteiger charge is -2.27. The number of nitrogens with zero attached hydrogens (tertiary/aromatic N) is 5. The summed E-state index contributed by atoms with van der Waals surface area (Å²) in [6, 6.07) is 13.7. The number of aryl methyl sites for hydroxylation is 3. The van der Waals surface area contributed by atoms with Crippen LogP contribution >= 0.6 is 0 Å². The van der Waals surface area contributed by atoms with Gasteiger partial charge in [-0.25, -0.2) is 9.78 Å². The molecule has 16 heteroatoms. The second-order valence-electron chi connectivity index (χ2n) is 16.3. The average Bonchev–Trinajstić information content (AvgIpc) is 3.73. The number of ether oxygens (including phenoxy) is 2. The van der Waals surface area contributed by atoms with Crippen LogP contribution in [-0.4, -0.2) is 85.8 Å². The van der Waals surface area contributed by atoms with Crippen molar-refractivity contribution in [2.24, 2.45) is 7.05 Å². The summed E-state index contributed by atoms with van der Waals surface area (Å²) in [5.74, 6) is -0.584. The predicted octanol–water partition coefficient (Wildman–Crippen LogP) is 7.34. The molecule has 5 aromatic rings. The molecule has 1 aliphatic carbocycles. The number of imide groups is 1. The van der Waals surface area contributed by atoms with Crippen LogP contribution in [0.1, 0.15) is 100 Å².